The maximum atomic E-state index is 5.64. The van der Waals surface area contributed by atoms with Gasteiger partial charge in [-0.25, -0.2) is 9.67 Å². The van der Waals surface area contributed by atoms with E-state index in [2.05, 4.69) is 45.9 Å². The lowest BCUT2D eigenvalue weighted by atomic mass is 10.2. The molecule has 1 fully saturated rings. The molecule has 0 amide bonds. The van der Waals surface area contributed by atoms with Crippen molar-refractivity contribution in [2.75, 3.05) is 44.2 Å². The molecule has 0 unspecified atom stereocenters. The molecule has 6 heteroatoms. The van der Waals surface area contributed by atoms with Crippen molar-refractivity contribution in [3.63, 3.8) is 0 Å². The molecular formula is C17H25N5O. The van der Waals surface area contributed by atoms with Gasteiger partial charge in [-0.05, 0) is 26.0 Å². The summed E-state index contributed by atoms with van der Waals surface area (Å²) in [5.41, 5.74) is 1.21. The van der Waals surface area contributed by atoms with E-state index in [9.17, 15) is 0 Å². The first kappa shape index (κ1) is 16.0. The number of aromatic nitrogens is 3. The average molecular weight is 315 g/mol. The molecule has 0 aromatic carbocycles. The Morgan fingerprint density at radius 1 is 1.17 bits per heavy atom. The number of hydrogen-bond acceptors (Lipinski definition) is 5. The summed E-state index contributed by atoms with van der Waals surface area (Å²) >= 11 is 0. The fourth-order valence-corrected chi connectivity index (χ4v) is 2.78. The normalized spacial score (nSPS) is 16.2. The summed E-state index contributed by atoms with van der Waals surface area (Å²) in [7, 11) is 0. The molecule has 0 bridgehead atoms. The van der Waals surface area contributed by atoms with E-state index in [1.54, 1.807) is 10.9 Å². The molecule has 2 aromatic rings. The van der Waals surface area contributed by atoms with E-state index in [1.165, 1.54) is 5.69 Å². The summed E-state index contributed by atoms with van der Waals surface area (Å²) < 4.78 is 7.43. The third kappa shape index (κ3) is 4.30. The number of pyridine rings is 1. The van der Waals surface area contributed by atoms with Gasteiger partial charge in [0.2, 0.25) is 0 Å². The SMILES string of the molecule is CC(C)OCCN1CCN(c2ccnc(-n3cccn3)c2)CC1. The molecule has 0 aliphatic carbocycles. The Hall–Kier alpha value is -1.92. The van der Waals surface area contributed by atoms with Crippen LogP contribution in [0.25, 0.3) is 5.82 Å². The van der Waals surface area contributed by atoms with E-state index in [-0.39, 0.29) is 0 Å². The highest BCUT2D eigenvalue weighted by atomic mass is 16.5. The molecule has 0 saturated carbocycles. The summed E-state index contributed by atoms with van der Waals surface area (Å²) in [5, 5.41) is 4.25. The Morgan fingerprint density at radius 2 is 2.00 bits per heavy atom. The fourth-order valence-electron chi connectivity index (χ4n) is 2.78. The lowest BCUT2D eigenvalue weighted by Crippen LogP contribution is -2.47. The van der Waals surface area contributed by atoms with Gasteiger partial charge in [0.1, 0.15) is 0 Å². The number of rotatable bonds is 6. The third-order valence-corrected chi connectivity index (χ3v) is 4.06. The van der Waals surface area contributed by atoms with E-state index in [1.807, 2.05) is 18.5 Å². The lowest BCUT2D eigenvalue weighted by Gasteiger charge is -2.36. The standard InChI is InChI=1S/C17H25N5O/c1-15(2)23-13-12-20-8-10-21(11-9-20)16-4-6-18-17(14-16)22-7-3-5-19-22/h3-7,14-15H,8-13H2,1-2H3. The molecule has 3 rings (SSSR count). The summed E-state index contributed by atoms with van der Waals surface area (Å²) in [6, 6.07) is 6.08. The van der Waals surface area contributed by atoms with Gasteiger partial charge in [-0.1, -0.05) is 0 Å². The van der Waals surface area contributed by atoms with Gasteiger partial charge in [0.25, 0.3) is 0 Å². The Labute approximate surface area is 137 Å². The van der Waals surface area contributed by atoms with Crippen LogP contribution in [0.2, 0.25) is 0 Å². The van der Waals surface area contributed by atoms with Crippen LogP contribution in [0, 0.1) is 0 Å². The summed E-state index contributed by atoms with van der Waals surface area (Å²) in [5.74, 6) is 0.861. The van der Waals surface area contributed by atoms with Crippen LogP contribution in [0.5, 0.6) is 0 Å². The summed E-state index contributed by atoms with van der Waals surface area (Å²) in [6.07, 6.45) is 5.86. The van der Waals surface area contributed by atoms with Gasteiger partial charge < -0.3 is 9.64 Å². The topological polar surface area (TPSA) is 46.4 Å². The fraction of sp³-hybridized carbons (Fsp3) is 0.529. The van der Waals surface area contributed by atoms with E-state index in [0.717, 1.165) is 45.1 Å². The maximum Gasteiger partial charge on any atom is 0.155 e. The summed E-state index contributed by atoms with van der Waals surface area (Å²) in [6.45, 7) is 10.2. The monoisotopic (exact) mass is 315 g/mol. The van der Waals surface area contributed by atoms with Gasteiger partial charge in [0.15, 0.2) is 5.82 Å². The second-order valence-corrected chi connectivity index (χ2v) is 6.07. The van der Waals surface area contributed by atoms with E-state index in [4.69, 9.17) is 4.74 Å². The maximum absolute atomic E-state index is 5.64. The minimum absolute atomic E-state index is 0.314. The molecule has 1 saturated heterocycles. The minimum atomic E-state index is 0.314. The molecule has 2 aromatic heterocycles. The van der Waals surface area contributed by atoms with Crippen LogP contribution in [0.3, 0.4) is 0 Å². The van der Waals surface area contributed by atoms with Crippen molar-refractivity contribution >= 4 is 5.69 Å². The van der Waals surface area contributed by atoms with Gasteiger partial charge >= 0.3 is 0 Å². The molecule has 23 heavy (non-hydrogen) atoms. The zero-order valence-corrected chi connectivity index (χ0v) is 13.9. The Bertz CT molecular complexity index is 591. The molecule has 1 aliphatic rings. The van der Waals surface area contributed by atoms with Crippen LogP contribution >= 0.6 is 0 Å². The molecule has 1 aliphatic heterocycles. The Balaban J connectivity index is 1.55. The van der Waals surface area contributed by atoms with Crippen molar-refractivity contribution in [3.8, 4) is 5.82 Å². The first-order chi connectivity index (χ1) is 11.2. The Kier molecular flexibility index (Phi) is 5.25. The van der Waals surface area contributed by atoms with Crippen molar-refractivity contribution in [2.24, 2.45) is 0 Å². The number of piperazine rings is 1. The number of nitrogens with zero attached hydrogens (tertiary/aromatic N) is 5. The van der Waals surface area contributed by atoms with E-state index in [0.29, 0.717) is 6.10 Å². The van der Waals surface area contributed by atoms with Crippen molar-refractivity contribution < 1.29 is 4.74 Å². The van der Waals surface area contributed by atoms with Gasteiger partial charge in [-0.15, -0.1) is 0 Å². The van der Waals surface area contributed by atoms with Gasteiger partial charge in [0.05, 0.1) is 12.7 Å². The molecule has 6 nitrogen and oxygen atoms in total. The van der Waals surface area contributed by atoms with Crippen LogP contribution in [-0.2, 0) is 4.74 Å². The van der Waals surface area contributed by atoms with Crippen LogP contribution in [0.1, 0.15) is 13.8 Å². The van der Waals surface area contributed by atoms with Crippen LogP contribution in [-0.4, -0.2) is 65.1 Å². The van der Waals surface area contributed by atoms with Gasteiger partial charge in [0, 0.05) is 63.1 Å². The highest BCUT2D eigenvalue weighted by Gasteiger charge is 2.17. The quantitative estimate of drug-likeness (QED) is 0.814. The van der Waals surface area contributed by atoms with Crippen molar-refractivity contribution in [1.82, 2.24) is 19.7 Å². The predicted molar refractivity (Wildman–Crippen MR) is 91.1 cm³/mol. The van der Waals surface area contributed by atoms with Crippen LogP contribution < -0.4 is 4.90 Å². The second-order valence-electron chi connectivity index (χ2n) is 6.07. The zero-order chi connectivity index (χ0) is 16.1. The third-order valence-electron chi connectivity index (χ3n) is 4.06. The van der Waals surface area contributed by atoms with Crippen molar-refractivity contribution in [1.29, 1.82) is 0 Å². The molecular weight excluding hydrogens is 290 g/mol. The smallest absolute Gasteiger partial charge is 0.155 e. The van der Waals surface area contributed by atoms with E-state index >= 15 is 0 Å². The average Bonchev–Trinajstić information content (AvgIpc) is 3.10. The lowest BCUT2D eigenvalue weighted by molar-refractivity contribution is 0.0579. The minimum Gasteiger partial charge on any atom is -0.377 e. The second kappa shape index (κ2) is 7.57. The van der Waals surface area contributed by atoms with Crippen LogP contribution in [0.4, 0.5) is 5.69 Å². The molecule has 0 atom stereocenters. The molecule has 124 valence electrons. The number of anilines is 1. The van der Waals surface area contributed by atoms with Crippen molar-refractivity contribution in [3.05, 3.63) is 36.8 Å². The highest BCUT2D eigenvalue weighted by Crippen LogP contribution is 2.18. The highest BCUT2D eigenvalue weighted by molar-refractivity contribution is 5.50. The number of hydrogen-bond donors (Lipinski definition) is 0. The van der Waals surface area contributed by atoms with Crippen LogP contribution in [0.15, 0.2) is 36.8 Å². The predicted octanol–water partition coefficient (Wildman–Crippen LogP) is 1.81. The van der Waals surface area contributed by atoms with E-state index < -0.39 is 0 Å². The summed E-state index contributed by atoms with van der Waals surface area (Å²) in [4.78, 5) is 9.27. The largest absolute Gasteiger partial charge is 0.377 e. The molecule has 0 spiro atoms. The molecule has 3 heterocycles. The van der Waals surface area contributed by atoms with Crippen molar-refractivity contribution in [2.45, 2.75) is 20.0 Å². The zero-order valence-electron chi connectivity index (χ0n) is 13.9. The van der Waals surface area contributed by atoms with Gasteiger partial charge in [-0.2, -0.15) is 5.10 Å². The first-order valence-electron chi connectivity index (χ1n) is 8.27. The number of ether oxygens (including phenoxy) is 1. The Morgan fingerprint density at radius 3 is 2.70 bits per heavy atom. The molecule has 0 radical (unpaired) electrons. The molecule has 0 N–H and O–H groups in total. The van der Waals surface area contributed by atoms with Gasteiger partial charge in [-0.3, -0.25) is 4.90 Å². The first-order valence-corrected chi connectivity index (χ1v) is 8.27.